The normalized spacial score (nSPS) is 16.0. The van der Waals surface area contributed by atoms with Crippen LogP contribution in [0.2, 0.25) is 0 Å². The van der Waals surface area contributed by atoms with Crippen molar-refractivity contribution in [2.45, 2.75) is 19.6 Å². The first-order chi connectivity index (χ1) is 7.65. The number of alkyl halides is 2. The summed E-state index contributed by atoms with van der Waals surface area (Å²) in [4.78, 5) is 0. The van der Waals surface area contributed by atoms with Gasteiger partial charge in [0.2, 0.25) is 0 Å². The lowest BCUT2D eigenvalue weighted by molar-refractivity contribution is -0.0504. The third-order valence-electron chi connectivity index (χ3n) is 2.42. The second-order valence-electron chi connectivity index (χ2n) is 3.70. The zero-order valence-electron chi connectivity index (χ0n) is 8.87. The van der Waals surface area contributed by atoms with E-state index in [4.69, 9.17) is 4.74 Å². The lowest BCUT2D eigenvalue weighted by Gasteiger charge is -2.28. The van der Waals surface area contributed by atoms with Crippen LogP contribution in [0.4, 0.5) is 8.78 Å². The number of halogens is 2. The fourth-order valence-electron chi connectivity index (χ4n) is 1.41. The van der Waals surface area contributed by atoms with Gasteiger partial charge in [-0.25, -0.2) is 0 Å². The summed E-state index contributed by atoms with van der Waals surface area (Å²) < 4.78 is 34.1. The molecule has 1 aliphatic heterocycles. The van der Waals surface area contributed by atoms with Gasteiger partial charge in [0, 0.05) is 19.2 Å². The van der Waals surface area contributed by atoms with Crippen LogP contribution in [0.15, 0.2) is 18.2 Å². The summed E-state index contributed by atoms with van der Waals surface area (Å²) in [5, 5.41) is 3.06. The lowest BCUT2D eigenvalue weighted by atomic mass is 10.2. The Morgan fingerprint density at radius 3 is 2.69 bits per heavy atom. The van der Waals surface area contributed by atoms with Crippen LogP contribution in [-0.4, -0.2) is 25.8 Å². The smallest absolute Gasteiger partial charge is 0.387 e. The van der Waals surface area contributed by atoms with Gasteiger partial charge >= 0.3 is 6.61 Å². The SMILES string of the molecule is Cc1ccc(OC2CNC2)cc1OC(F)F. The molecule has 0 bridgehead atoms. The molecule has 1 aromatic carbocycles. The molecule has 5 heteroatoms. The zero-order chi connectivity index (χ0) is 11.5. The molecular formula is C11H13F2NO2. The maximum atomic E-state index is 12.1. The standard InChI is InChI=1S/C11H13F2NO2/c1-7-2-3-8(15-9-5-14-6-9)4-10(7)16-11(12)13/h2-4,9,11,14H,5-6H2,1H3. The van der Waals surface area contributed by atoms with Crippen LogP contribution < -0.4 is 14.8 Å². The minimum absolute atomic E-state index is 0.127. The van der Waals surface area contributed by atoms with Crippen LogP contribution in [0.3, 0.4) is 0 Å². The molecule has 0 radical (unpaired) electrons. The van der Waals surface area contributed by atoms with Crippen molar-refractivity contribution >= 4 is 0 Å². The highest BCUT2D eigenvalue weighted by Gasteiger charge is 2.18. The maximum Gasteiger partial charge on any atom is 0.387 e. The monoisotopic (exact) mass is 229 g/mol. The van der Waals surface area contributed by atoms with E-state index in [-0.39, 0.29) is 11.9 Å². The molecule has 0 atom stereocenters. The van der Waals surface area contributed by atoms with Gasteiger partial charge in [-0.1, -0.05) is 6.07 Å². The van der Waals surface area contributed by atoms with Crippen molar-refractivity contribution in [2.75, 3.05) is 13.1 Å². The summed E-state index contributed by atoms with van der Waals surface area (Å²) in [7, 11) is 0. The van der Waals surface area contributed by atoms with Gasteiger partial charge in [-0.15, -0.1) is 0 Å². The van der Waals surface area contributed by atoms with Gasteiger partial charge in [-0.2, -0.15) is 8.78 Å². The summed E-state index contributed by atoms with van der Waals surface area (Å²) in [5.41, 5.74) is 0.666. The Morgan fingerprint density at radius 2 is 2.12 bits per heavy atom. The Kier molecular flexibility index (Phi) is 3.24. The fourth-order valence-corrected chi connectivity index (χ4v) is 1.41. The van der Waals surface area contributed by atoms with Gasteiger partial charge < -0.3 is 14.8 Å². The Balaban J connectivity index is 2.07. The first kappa shape index (κ1) is 11.1. The summed E-state index contributed by atoms with van der Waals surface area (Å²) in [6, 6.07) is 4.96. The largest absolute Gasteiger partial charge is 0.488 e. The Hall–Kier alpha value is -1.36. The van der Waals surface area contributed by atoms with Crippen LogP contribution in [-0.2, 0) is 0 Å². The number of hydrogen-bond donors (Lipinski definition) is 1. The van der Waals surface area contributed by atoms with Crippen molar-refractivity contribution in [2.24, 2.45) is 0 Å². The number of nitrogens with one attached hydrogen (secondary N) is 1. The molecule has 1 N–H and O–H groups in total. The predicted molar refractivity (Wildman–Crippen MR) is 55.1 cm³/mol. The molecule has 1 aliphatic rings. The molecule has 0 unspecified atom stereocenters. The van der Waals surface area contributed by atoms with E-state index in [0.29, 0.717) is 11.3 Å². The quantitative estimate of drug-likeness (QED) is 0.856. The third kappa shape index (κ3) is 2.61. The molecule has 0 aromatic heterocycles. The average molecular weight is 229 g/mol. The van der Waals surface area contributed by atoms with Crippen molar-refractivity contribution in [3.8, 4) is 11.5 Å². The van der Waals surface area contributed by atoms with Crippen molar-refractivity contribution < 1.29 is 18.3 Å². The zero-order valence-corrected chi connectivity index (χ0v) is 8.87. The van der Waals surface area contributed by atoms with Gasteiger partial charge in [0.15, 0.2) is 0 Å². The molecule has 1 aromatic rings. The second kappa shape index (κ2) is 4.65. The van der Waals surface area contributed by atoms with Gasteiger partial charge in [0.05, 0.1) is 0 Å². The topological polar surface area (TPSA) is 30.5 Å². The van der Waals surface area contributed by atoms with E-state index in [0.717, 1.165) is 13.1 Å². The molecule has 1 saturated heterocycles. The molecule has 1 fully saturated rings. The Morgan fingerprint density at radius 1 is 1.38 bits per heavy atom. The van der Waals surface area contributed by atoms with Gasteiger partial charge in [-0.3, -0.25) is 0 Å². The second-order valence-corrected chi connectivity index (χ2v) is 3.70. The minimum atomic E-state index is -2.81. The first-order valence-corrected chi connectivity index (χ1v) is 5.08. The van der Waals surface area contributed by atoms with E-state index in [2.05, 4.69) is 10.1 Å². The van der Waals surface area contributed by atoms with Crippen LogP contribution in [0, 0.1) is 6.92 Å². The number of aryl methyl sites for hydroxylation is 1. The maximum absolute atomic E-state index is 12.1. The number of ether oxygens (including phenoxy) is 2. The molecule has 1 heterocycles. The molecule has 3 nitrogen and oxygen atoms in total. The summed E-state index contributed by atoms with van der Waals surface area (Å²) >= 11 is 0. The van der Waals surface area contributed by atoms with E-state index in [1.54, 1.807) is 19.1 Å². The van der Waals surface area contributed by atoms with Gasteiger partial charge in [-0.05, 0) is 18.6 Å². The van der Waals surface area contributed by atoms with Crippen LogP contribution >= 0.6 is 0 Å². The highest BCUT2D eigenvalue weighted by molar-refractivity contribution is 5.40. The Labute approximate surface area is 92.4 Å². The van der Waals surface area contributed by atoms with E-state index < -0.39 is 6.61 Å². The van der Waals surface area contributed by atoms with Gasteiger partial charge in [0.25, 0.3) is 0 Å². The average Bonchev–Trinajstić information content (AvgIpc) is 2.15. The summed E-state index contributed by atoms with van der Waals surface area (Å²) in [5.74, 6) is 0.729. The lowest BCUT2D eigenvalue weighted by Crippen LogP contribution is -2.50. The predicted octanol–water partition coefficient (Wildman–Crippen LogP) is 1.95. The van der Waals surface area contributed by atoms with E-state index >= 15 is 0 Å². The van der Waals surface area contributed by atoms with Crippen LogP contribution in [0.1, 0.15) is 5.56 Å². The highest BCUT2D eigenvalue weighted by atomic mass is 19.3. The third-order valence-corrected chi connectivity index (χ3v) is 2.42. The minimum Gasteiger partial charge on any atom is -0.488 e. The molecule has 0 saturated carbocycles. The molecule has 0 amide bonds. The molecular weight excluding hydrogens is 216 g/mol. The number of benzene rings is 1. The van der Waals surface area contributed by atoms with E-state index in [1.165, 1.54) is 6.07 Å². The van der Waals surface area contributed by atoms with Crippen molar-refractivity contribution in [1.29, 1.82) is 0 Å². The van der Waals surface area contributed by atoms with Gasteiger partial charge in [0.1, 0.15) is 17.6 Å². The Bertz CT molecular complexity index is 367. The number of hydrogen-bond acceptors (Lipinski definition) is 3. The summed E-state index contributed by atoms with van der Waals surface area (Å²) in [6.45, 7) is 0.490. The van der Waals surface area contributed by atoms with Crippen molar-refractivity contribution in [1.82, 2.24) is 5.32 Å². The van der Waals surface area contributed by atoms with E-state index in [1.807, 2.05) is 0 Å². The van der Waals surface area contributed by atoms with Crippen molar-refractivity contribution in [3.63, 3.8) is 0 Å². The summed E-state index contributed by atoms with van der Waals surface area (Å²) in [6.07, 6.45) is 0.127. The molecule has 16 heavy (non-hydrogen) atoms. The molecule has 2 rings (SSSR count). The molecule has 0 aliphatic carbocycles. The number of rotatable bonds is 4. The van der Waals surface area contributed by atoms with Crippen LogP contribution in [0.5, 0.6) is 11.5 Å². The molecule has 0 spiro atoms. The molecule has 88 valence electrons. The van der Waals surface area contributed by atoms with Crippen LogP contribution in [0.25, 0.3) is 0 Å². The fraction of sp³-hybridized carbons (Fsp3) is 0.455. The van der Waals surface area contributed by atoms with Crippen molar-refractivity contribution in [3.05, 3.63) is 23.8 Å². The van der Waals surface area contributed by atoms with E-state index in [9.17, 15) is 8.78 Å². The highest BCUT2D eigenvalue weighted by Crippen LogP contribution is 2.26. The first-order valence-electron chi connectivity index (χ1n) is 5.08.